The third-order valence-corrected chi connectivity index (χ3v) is 2.72. The Morgan fingerprint density at radius 2 is 1.94 bits per heavy atom. The fraction of sp³-hybridized carbons (Fsp3) is 0.786. The lowest BCUT2D eigenvalue weighted by Gasteiger charge is -2.32. The summed E-state index contributed by atoms with van der Waals surface area (Å²) >= 11 is 0. The van der Waals surface area contributed by atoms with E-state index in [9.17, 15) is 4.79 Å². The minimum Gasteiger partial charge on any atom is -0.336 e. The largest absolute Gasteiger partial charge is 0.336 e. The second-order valence-electron chi connectivity index (χ2n) is 6.07. The third kappa shape index (κ3) is 5.87. The van der Waals surface area contributed by atoms with Crippen LogP contribution in [0.2, 0.25) is 0 Å². The first kappa shape index (κ1) is 16.2. The third-order valence-electron chi connectivity index (χ3n) is 2.72. The molecule has 0 aliphatic rings. The Labute approximate surface area is 106 Å². The topological polar surface area (TPSA) is 46.3 Å². The molecule has 0 aromatic carbocycles. The number of carbonyl (C=O) groups excluding carboxylic acids is 1. The van der Waals surface area contributed by atoms with Crippen LogP contribution in [0.15, 0.2) is 12.7 Å². The van der Waals surface area contributed by atoms with Crippen LogP contribution in [-0.4, -0.2) is 29.9 Å². The summed E-state index contributed by atoms with van der Waals surface area (Å²) in [6.45, 7) is 15.2. The molecular weight excluding hydrogens is 212 g/mol. The van der Waals surface area contributed by atoms with E-state index in [1.165, 1.54) is 0 Å². The summed E-state index contributed by atoms with van der Waals surface area (Å²) in [6, 6.07) is 0.189. The molecule has 0 saturated carbocycles. The summed E-state index contributed by atoms with van der Waals surface area (Å²) in [5.41, 5.74) is 5.86. The van der Waals surface area contributed by atoms with Crippen molar-refractivity contribution in [3.05, 3.63) is 12.7 Å². The van der Waals surface area contributed by atoms with Crippen LogP contribution in [0, 0.1) is 11.3 Å². The Balaban J connectivity index is 4.75. The molecule has 0 bridgehead atoms. The van der Waals surface area contributed by atoms with E-state index in [1.807, 2.05) is 18.7 Å². The van der Waals surface area contributed by atoms with Crippen LogP contribution in [0.5, 0.6) is 0 Å². The maximum Gasteiger partial charge on any atom is 0.227 e. The van der Waals surface area contributed by atoms with Gasteiger partial charge in [0.2, 0.25) is 5.91 Å². The quantitative estimate of drug-likeness (QED) is 0.725. The average Bonchev–Trinajstić information content (AvgIpc) is 2.19. The van der Waals surface area contributed by atoms with Crippen molar-refractivity contribution in [2.24, 2.45) is 17.1 Å². The van der Waals surface area contributed by atoms with Gasteiger partial charge in [0.05, 0.1) is 5.92 Å². The number of hydrogen-bond donors (Lipinski definition) is 1. The molecule has 0 heterocycles. The fourth-order valence-corrected chi connectivity index (χ4v) is 1.94. The fourth-order valence-electron chi connectivity index (χ4n) is 1.94. The molecule has 1 amide bonds. The number of amides is 1. The van der Waals surface area contributed by atoms with Crippen LogP contribution in [0.3, 0.4) is 0 Å². The molecule has 3 heteroatoms. The standard InChI is InChI=1S/C14H28N2O/c1-7-8-16(11(2)3)13(17)12(10-15)9-14(4,5)6/h7,11-12H,1,8-10,15H2,2-6H3. The molecule has 0 aromatic rings. The van der Waals surface area contributed by atoms with Crippen molar-refractivity contribution < 1.29 is 4.79 Å². The van der Waals surface area contributed by atoms with Gasteiger partial charge in [0.15, 0.2) is 0 Å². The van der Waals surface area contributed by atoms with E-state index < -0.39 is 0 Å². The van der Waals surface area contributed by atoms with E-state index in [2.05, 4.69) is 27.4 Å². The van der Waals surface area contributed by atoms with Crippen molar-refractivity contribution in [3.63, 3.8) is 0 Å². The monoisotopic (exact) mass is 240 g/mol. The van der Waals surface area contributed by atoms with Crippen molar-refractivity contribution in [2.75, 3.05) is 13.1 Å². The number of rotatable bonds is 6. The number of hydrogen-bond acceptors (Lipinski definition) is 2. The lowest BCUT2D eigenvalue weighted by atomic mass is 9.84. The van der Waals surface area contributed by atoms with Gasteiger partial charge in [-0.3, -0.25) is 4.79 Å². The molecule has 0 radical (unpaired) electrons. The Kier molecular flexibility index (Phi) is 6.46. The average molecular weight is 240 g/mol. The number of nitrogens with zero attached hydrogens (tertiary/aromatic N) is 1. The lowest BCUT2D eigenvalue weighted by Crippen LogP contribution is -2.44. The molecular formula is C14H28N2O. The maximum absolute atomic E-state index is 12.4. The summed E-state index contributed by atoms with van der Waals surface area (Å²) in [4.78, 5) is 14.2. The summed E-state index contributed by atoms with van der Waals surface area (Å²) < 4.78 is 0. The Bertz CT molecular complexity index is 253. The van der Waals surface area contributed by atoms with Gasteiger partial charge < -0.3 is 10.6 Å². The first-order valence-corrected chi connectivity index (χ1v) is 6.34. The molecule has 0 aliphatic heterocycles. The van der Waals surface area contributed by atoms with E-state index in [4.69, 9.17) is 5.73 Å². The molecule has 0 fully saturated rings. The van der Waals surface area contributed by atoms with Crippen LogP contribution in [0.1, 0.15) is 41.0 Å². The van der Waals surface area contributed by atoms with Crippen molar-refractivity contribution in [3.8, 4) is 0 Å². The lowest BCUT2D eigenvalue weighted by molar-refractivity contribution is -0.137. The van der Waals surface area contributed by atoms with Crippen molar-refractivity contribution in [2.45, 2.75) is 47.1 Å². The Hall–Kier alpha value is -0.830. The van der Waals surface area contributed by atoms with E-state index in [0.29, 0.717) is 13.1 Å². The van der Waals surface area contributed by atoms with Gasteiger partial charge in [-0.1, -0.05) is 26.8 Å². The number of carbonyl (C=O) groups is 1. The minimum absolute atomic E-state index is 0.0858. The highest BCUT2D eigenvalue weighted by molar-refractivity contribution is 5.79. The van der Waals surface area contributed by atoms with Gasteiger partial charge in [-0.2, -0.15) is 0 Å². The predicted molar refractivity (Wildman–Crippen MR) is 73.7 cm³/mol. The smallest absolute Gasteiger partial charge is 0.227 e. The SMILES string of the molecule is C=CCN(C(=O)C(CN)CC(C)(C)C)C(C)C. The Morgan fingerprint density at radius 1 is 1.41 bits per heavy atom. The predicted octanol–water partition coefficient (Wildman–Crippen LogP) is 2.42. The molecule has 0 spiro atoms. The van der Waals surface area contributed by atoms with Crippen LogP contribution in [-0.2, 0) is 4.79 Å². The van der Waals surface area contributed by atoms with Gasteiger partial charge in [-0.05, 0) is 25.7 Å². The molecule has 0 aromatic heterocycles. The van der Waals surface area contributed by atoms with Gasteiger partial charge in [-0.15, -0.1) is 6.58 Å². The molecule has 2 N–H and O–H groups in total. The van der Waals surface area contributed by atoms with Gasteiger partial charge >= 0.3 is 0 Å². The maximum atomic E-state index is 12.4. The highest BCUT2D eigenvalue weighted by Crippen LogP contribution is 2.25. The second-order valence-corrected chi connectivity index (χ2v) is 6.07. The van der Waals surface area contributed by atoms with E-state index >= 15 is 0 Å². The van der Waals surface area contributed by atoms with Crippen LogP contribution >= 0.6 is 0 Å². The Morgan fingerprint density at radius 3 is 2.24 bits per heavy atom. The van der Waals surface area contributed by atoms with Gasteiger partial charge in [0.25, 0.3) is 0 Å². The first-order chi connectivity index (χ1) is 7.72. The zero-order valence-corrected chi connectivity index (χ0v) is 12.0. The van der Waals surface area contributed by atoms with E-state index in [0.717, 1.165) is 6.42 Å². The molecule has 1 unspecified atom stereocenters. The molecule has 1 atom stereocenters. The van der Waals surface area contributed by atoms with Crippen LogP contribution < -0.4 is 5.73 Å². The molecule has 0 rings (SSSR count). The molecule has 17 heavy (non-hydrogen) atoms. The van der Waals surface area contributed by atoms with Gasteiger partial charge in [-0.25, -0.2) is 0 Å². The highest BCUT2D eigenvalue weighted by Gasteiger charge is 2.28. The minimum atomic E-state index is -0.0858. The molecule has 0 saturated heterocycles. The normalized spacial score (nSPS) is 13.6. The zero-order chi connectivity index (χ0) is 13.6. The summed E-state index contributed by atoms with van der Waals surface area (Å²) in [6.07, 6.45) is 2.59. The summed E-state index contributed by atoms with van der Waals surface area (Å²) in [5, 5.41) is 0. The summed E-state index contributed by atoms with van der Waals surface area (Å²) in [5.74, 6) is 0.0645. The van der Waals surface area contributed by atoms with E-state index in [1.54, 1.807) is 6.08 Å². The van der Waals surface area contributed by atoms with Crippen molar-refractivity contribution in [1.82, 2.24) is 4.90 Å². The number of nitrogens with two attached hydrogens (primary N) is 1. The van der Waals surface area contributed by atoms with Crippen LogP contribution in [0.4, 0.5) is 0 Å². The molecule has 0 aliphatic carbocycles. The zero-order valence-electron chi connectivity index (χ0n) is 12.0. The van der Waals surface area contributed by atoms with Crippen LogP contribution in [0.25, 0.3) is 0 Å². The summed E-state index contributed by atoms with van der Waals surface area (Å²) in [7, 11) is 0. The first-order valence-electron chi connectivity index (χ1n) is 6.34. The molecule has 100 valence electrons. The van der Waals surface area contributed by atoms with Gasteiger partial charge in [0.1, 0.15) is 0 Å². The van der Waals surface area contributed by atoms with Gasteiger partial charge in [0, 0.05) is 19.1 Å². The van der Waals surface area contributed by atoms with Crippen molar-refractivity contribution in [1.29, 1.82) is 0 Å². The van der Waals surface area contributed by atoms with E-state index in [-0.39, 0.29) is 23.3 Å². The second kappa shape index (κ2) is 6.80. The van der Waals surface area contributed by atoms with Crippen molar-refractivity contribution >= 4 is 5.91 Å². The highest BCUT2D eigenvalue weighted by atomic mass is 16.2. The molecule has 3 nitrogen and oxygen atoms in total.